The summed E-state index contributed by atoms with van der Waals surface area (Å²) in [5.41, 5.74) is 0.176. The van der Waals surface area contributed by atoms with E-state index in [0.717, 1.165) is 6.42 Å². The number of likely N-dealkylation sites (tertiary alicyclic amines) is 1. The van der Waals surface area contributed by atoms with E-state index < -0.39 is 5.97 Å². The number of carboxylic acids is 1. The van der Waals surface area contributed by atoms with E-state index in [1.54, 1.807) is 4.90 Å². The predicted molar refractivity (Wildman–Crippen MR) is 54.2 cm³/mol. The summed E-state index contributed by atoms with van der Waals surface area (Å²) in [7, 11) is 0. The maximum absolute atomic E-state index is 11.8. The minimum atomic E-state index is -0.765. The van der Waals surface area contributed by atoms with Crippen molar-refractivity contribution in [1.29, 1.82) is 0 Å². The summed E-state index contributed by atoms with van der Waals surface area (Å²) < 4.78 is 0. The van der Waals surface area contributed by atoms with Gasteiger partial charge in [0.2, 0.25) is 5.91 Å². The Hall–Kier alpha value is -1.06. The van der Waals surface area contributed by atoms with Crippen LogP contribution in [0.25, 0.3) is 0 Å². The Morgan fingerprint density at radius 3 is 2.33 bits per heavy atom. The molecule has 1 atom stereocenters. The van der Waals surface area contributed by atoms with E-state index in [1.165, 1.54) is 0 Å². The van der Waals surface area contributed by atoms with Gasteiger partial charge in [0, 0.05) is 24.9 Å². The molecule has 4 heteroatoms. The van der Waals surface area contributed by atoms with Gasteiger partial charge in [-0.05, 0) is 11.8 Å². The molecule has 84 valence electrons. The van der Waals surface area contributed by atoms with Crippen LogP contribution < -0.4 is 0 Å². The highest BCUT2D eigenvalue weighted by atomic mass is 16.4. The molecule has 0 radical (unpaired) electrons. The molecule has 4 nitrogen and oxygen atoms in total. The number of carboxylic acid groups (broad SMARTS) is 1. The first-order chi connectivity index (χ1) is 6.90. The predicted octanol–water partition coefficient (Wildman–Crippen LogP) is 0.966. The molecule has 0 spiro atoms. The average Bonchev–Trinajstić information content (AvgIpc) is 2.65. The van der Waals surface area contributed by atoms with Crippen LogP contribution in [-0.2, 0) is 9.59 Å². The number of carbonyl (C=O) groups excluding carboxylic acids is 1. The minimum absolute atomic E-state index is 0.174. The van der Waals surface area contributed by atoms with Crippen molar-refractivity contribution in [3.8, 4) is 0 Å². The molecule has 0 aromatic heterocycles. The van der Waals surface area contributed by atoms with Crippen molar-refractivity contribution in [3.63, 3.8) is 0 Å². The molecule has 0 aromatic rings. The molecule has 2 fully saturated rings. The Morgan fingerprint density at radius 2 is 1.93 bits per heavy atom. The molecule has 1 aliphatic heterocycles. The van der Waals surface area contributed by atoms with Crippen LogP contribution in [0.3, 0.4) is 0 Å². The fourth-order valence-corrected chi connectivity index (χ4v) is 2.23. The monoisotopic (exact) mass is 211 g/mol. The SMILES string of the molecule is CC1(C)CC1C(=O)N1CC(CC(=O)O)C1. The number of aliphatic carboxylic acids is 1. The molecule has 0 aromatic carbocycles. The lowest BCUT2D eigenvalue weighted by atomic mass is 9.95. The summed E-state index contributed by atoms with van der Waals surface area (Å²) in [6.45, 7) is 5.48. The van der Waals surface area contributed by atoms with Gasteiger partial charge in [-0.2, -0.15) is 0 Å². The standard InChI is InChI=1S/C11H17NO3/c1-11(2)4-8(11)10(15)12-5-7(6-12)3-9(13)14/h7-8H,3-6H2,1-2H3,(H,13,14). The Labute approximate surface area is 89.3 Å². The summed E-state index contributed by atoms with van der Waals surface area (Å²) >= 11 is 0. The van der Waals surface area contributed by atoms with Gasteiger partial charge in [0.15, 0.2) is 0 Å². The highest BCUT2D eigenvalue weighted by Crippen LogP contribution is 2.53. The third-order valence-electron chi connectivity index (χ3n) is 3.54. The largest absolute Gasteiger partial charge is 0.481 e. The molecule has 0 bridgehead atoms. The van der Waals surface area contributed by atoms with Crippen LogP contribution >= 0.6 is 0 Å². The van der Waals surface area contributed by atoms with Gasteiger partial charge in [0.1, 0.15) is 0 Å². The van der Waals surface area contributed by atoms with Crippen LogP contribution in [0.15, 0.2) is 0 Å². The third-order valence-corrected chi connectivity index (χ3v) is 3.54. The number of carbonyl (C=O) groups is 2. The zero-order valence-electron chi connectivity index (χ0n) is 9.19. The fourth-order valence-electron chi connectivity index (χ4n) is 2.23. The van der Waals surface area contributed by atoms with E-state index in [2.05, 4.69) is 13.8 Å². The van der Waals surface area contributed by atoms with E-state index in [9.17, 15) is 9.59 Å². The van der Waals surface area contributed by atoms with Gasteiger partial charge in [-0.15, -0.1) is 0 Å². The van der Waals surface area contributed by atoms with Crippen LogP contribution in [0.4, 0.5) is 0 Å². The molecule has 1 saturated carbocycles. The molecule has 1 aliphatic carbocycles. The Bertz CT molecular complexity index is 305. The van der Waals surface area contributed by atoms with Gasteiger partial charge in [-0.3, -0.25) is 9.59 Å². The number of hydrogen-bond acceptors (Lipinski definition) is 2. The van der Waals surface area contributed by atoms with Crippen LogP contribution in [0.1, 0.15) is 26.7 Å². The van der Waals surface area contributed by atoms with Crippen molar-refractivity contribution in [2.45, 2.75) is 26.7 Å². The van der Waals surface area contributed by atoms with Crippen molar-refractivity contribution >= 4 is 11.9 Å². The number of hydrogen-bond donors (Lipinski definition) is 1. The smallest absolute Gasteiger partial charge is 0.303 e. The normalized spacial score (nSPS) is 28.4. The van der Waals surface area contributed by atoms with Gasteiger partial charge in [-0.1, -0.05) is 13.8 Å². The molecule has 2 aliphatic rings. The van der Waals surface area contributed by atoms with E-state index in [4.69, 9.17) is 5.11 Å². The van der Waals surface area contributed by atoms with Crippen molar-refractivity contribution < 1.29 is 14.7 Å². The summed E-state index contributed by atoms with van der Waals surface area (Å²) in [5.74, 6) is -0.183. The van der Waals surface area contributed by atoms with Gasteiger partial charge in [0.25, 0.3) is 0 Å². The molecule has 15 heavy (non-hydrogen) atoms. The highest BCUT2D eigenvalue weighted by Gasteiger charge is 2.53. The zero-order valence-corrected chi connectivity index (χ0v) is 9.19. The lowest BCUT2D eigenvalue weighted by molar-refractivity contribution is -0.146. The van der Waals surface area contributed by atoms with Crippen LogP contribution in [-0.4, -0.2) is 35.0 Å². The Balaban J connectivity index is 1.76. The second-order valence-electron chi connectivity index (χ2n) is 5.45. The Morgan fingerprint density at radius 1 is 1.40 bits per heavy atom. The van der Waals surface area contributed by atoms with Crippen molar-refractivity contribution in [3.05, 3.63) is 0 Å². The lowest BCUT2D eigenvalue weighted by Crippen LogP contribution is -2.51. The maximum Gasteiger partial charge on any atom is 0.303 e. The number of rotatable bonds is 3. The second-order valence-corrected chi connectivity index (χ2v) is 5.45. The fraction of sp³-hybridized carbons (Fsp3) is 0.818. The minimum Gasteiger partial charge on any atom is -0.481 e. The van der Waals surface area contributed by atoms with E-state index in [-0.39, 0.29) is 29.6 Å². The van der Waals surface area contributed by atoms with Gasteiger partial charge in [-0.25, -0.2) is 0 Å². The Kier molecular flexibility index (Phi) is 2.24. The van der Waals surface area contributed by atoms with E-state index in [0.29, 0.717) is 13.1 Å². The summed E-state index contributed by atoms with van der Waals surface area (Å²) in [5, 5.41) is 8.57. The molecular formula is C11H17NO3. The number of amides is 1. The molecule has 1 N–H and O–H groups in total. The number of nitrogens with zero attached hydrogens (tertiary/aromatic N) is 1. The van der Waals surface area contributed by atoms with E-state index >= 15 is 0 Å². The van der Waals surface area contributed by atoms with Gasteiger partial charge in [0.05, 0.1) is 6.42 Å². The van der Waals surface area contributed by atoms with Crippen LogP contribution in [0.2, 0.25) is 0 Å². The first-order valence-corrected chi connectivity index (χ1v) is 5.41. The summed E-state index contributed by atoms with van der Waals surface area (Å²) in [6, 6.07) is 0. The quantitative estimate of drug-likeness (QED) is 0.756. The van der Waals surface area contributed by atoms with Gasteiger partial charge < -0.3 is 10.0 Å². The summed E-state index contributed by atoms with van der Waals surface area (Å²) in [4.78, 5) is 24.0. The van der Waals surface area contributed by atoms with Gasteiger partial charge >= 0.3 is 5.97 Å². The first-order valence-electron chi connectivity index (χ1n) is 5.41. The second kappa shape index (κ2) is 3.22. The molecule has 1 unspecified atom stereocenters. The summed E-state index contributed by atoms with van der Waals surface area (Å²) in [6.07, 6.45) is 1.17. The van der Waals surface area contributed by atoms with Crippen molar-refractivity contribution in [2.24, 2.45) is 17.3 Å². The van der Waals surface area contributed by atoms with Crippen molar-refractivity contribution in [2.75, 3.05) is 13.1 Å². The van der Waals surface area contributed by atoms with Crippen LogP contribution in [0.5, 0.6) is 0 Å². The topological polar surface area (TPSA) is 57.6 Å². The van der Waals surface area contributed by atoms with Crippen LogP contribution in [0, 0.1) is 17.3 Å². The first kappa shape index (κ1) is 10.5. The zero-order chi connectivity index (χ0) is 11.2. The molecule has 1 heterocycles. The maximum atomic E-state index is 11.8. The molecule has 1 amide bonds. The molecule has 1 saturated heterocycles. The third kappa shape index (κ3) is 1.98. The molecule has 2 rings (SSSR count). The average molecular weight is 211 g/mol. The molecular weight excluding hydrogens is 194 g/mol. The lowest BCUT2D eigenvalue weighted by Gasteiger charge is -2.39. The highest BCUT2D eigenvalue weighted by molar-refractivity contribution is 5.83. The van der Waals surface area contributed by atoms with Crippen molar-refractivity contribution in [1.82, 2.24) is 4.90 Å². The van der Waals surface area contributed by atoms with E-state index in [1.807, 2.05) is 0 Å².